The molecule has 0 unspecified atom stereocenters. The standard InChI is InChI=1S/C15H14Cl2N8O2S/c1-25(15-22-9-20-13(17)24-15)10-3-2-4-11(7-10)28(26,27)6-5-18-14-21-8-19-12(16)23-14/h2-4,7-9H,5-6H2,1H3,(H,18,19,21,23)/i8D,9D. The van der Waals surface area contributed by atoms with Gasteiger partial charge < -0.3 is 4.90 Å². The molecule has 1 N–H and O–H groups in total. The van der Waals surface area contributed by atoms with Gasteiger partial charge in [0.1, 0.15) is 15.3 Å². The lowest BCUT2D eigenvalue weighted by molar-refractivity contribution is 0.595. The second-order valence-electron chi connectivity index (χ2n) is 5.32. The molecule has 13 heteroatoms. The topological polar surface area (TPSA) is 130 Å². The largest absolute Gasteiger partial charge is 0.313 e. The third kappa shape index (κ3) is 5.00. The zero-order chi connectivity index (χ0) is 21.9. The van der Waals surface area contributed by atoms with Gasteiger partial charge in [0, 0.05) is 12.7 Å². The second kappa shape index (κ2) is 8.59. The number of hydrogen-bond donors (Lipinski definition) is 1. The maximum absolute atomic E-state index is 12.7. The number of hydrogen-bond acceptors (Lipinski definition) is 9. The average Bonchev–Trinajstić information content (AvgIpc) is 2.66. The molecule has 0 fully saturated rings. The molecule has 1 aromatic carbocycles. The van der Waals surface area contributed by atoms with Crippen molar-refractivity contribution in [2.45, 2.75) is 4.90 Å². The van der Waals surface area contributed by atoms with E-state index in [0.29, 0.717) is 5.69 Å². The number of anilines is 2. The van der Waals surface area contributed by atoms with Crippen molar-refractivity contribution in [1.29, 1.82) is 0 Å². The molecule has 3 rings (SSSR count). The Morgan fingerprint density at radius 3 is 2.75 bits per heavy atom. The van der Waals surface area contributed by atoms with Gasteiger partial charge in [0.15, 0.2) is 9.84 Å². The monoisotopic (exact) mass is 442 g/mol. The highest BCUT2D eigenvalue weighted by atomic mass is 35.5. The molecule has 0 aliphatic rings. The van der Waals surface area contributed by atoms with E-state index in [4.69, 9.17) is 25.9 Å². The number of sulfone groups is 1. The van der Waals surface area contributed by atoms with E-state index in [9.17, 15) is 8.42 Å². The fraction of sp³-hybridized carbons (Fsp3) is 0.200. The Bertz CT molecular complexity index is 1210. The Labute approximate surface area is 173 Å². The molecule has 0 amide bonds. The van der Waals surface area contributed by atoms with Crippen molar-refractivity contribution in [1.82, 2.24) is 29.9 Å². The molecule has 0 saturated heterocycles. The number of halogens is 2. The van der Waals surface area contributed by atoms with Gasteiger partial charge in [-0.1, -0.05) is 6.07 Å². The molecule has 146 valence electrons. The van der Waals surface area contributed by atoms with E-state index in [1.165, 1.54) is 17.0 Å². The van der Waals surface area contributed by atoms with Gasteiger partial charge in [0.25, 0.3) is 0 Å². The first-order valence-electron chi connectivity index (χ1n) is 8.70. The Morgan fingerprint density at radius 1 is 1.21 bits per heavy atom. The predicted molar refractivity (Wildman–Crippen MR) is 103 cm³/mol. The van der Waals surface area contributed by atoms with Crippen molar-refractivity contribution >= 4 is 44.7 Å². The van der Waals surface area contributed by atoms with Crippen LogP contribution >= 0.6 is 23.2 Å². The van der Waals surface area contributed by atoms with Crippen molar-refractivity contribution in [3.63, 3.8) is 0 Å². The highest BCUT2D eigenvalue weighted by Crippen LogP contribution is 2.24. The molecule has 2 aromatic heterocycles. The Kier molecular flexibility index (Phi) is 5.36. The minimum absolute atomic E-state index is 0.0154. The van der Waals surface area contributed by atoms with E-state index in [1.807, 2.05) is 0 Å². The lowest BCUT2D eigenvalue weighted by atomic mass is 10.3. The van der Waals surface area contributed by atoms with E-state index < -0.39 is 9.84 Å². The summed E-state index contributed by atoms with van der Waals surface area (Å²) < 4.78 is 40.3. The molecule has 3 aromatic rings. The van der Waals surface area contributed by atoms with Gasteiger partial charge in [-0.05, 0) is 41.4 Å². The fourth-order valence-corrected chi connectivity index (χ4v) is 3.51. The van der Waals surface area contributed by atoms with Gasteiger partial charge in [0.2, 0.25) is 22.1 Å². The van der Waals surface area contributed by atoms with Gasteiger partial charge in [0.05, 0.1) is 17.2 Å². The number of aromatic nitrogens is 6. The predicted octanol–water partition coefficient (Wildman–Crippen LogP) is 1.44. The highest BCUT2D eigenvalue weighted by Gasteiger charge is 2.16. The van der Waals surface area contributed by atoms with Gasteiger partial charge in [-0.2, -0.15) is 4.98 Å². The molecule has 10 nitrogen and oxygen atoms in total. The highest BCUT2D eigenvalue weighted by molar-refractivity contribution is 7.91. The molecule has 0 bridgehead atoms. The normalized spacial score (nSPS) is 13.2. The van der Waals surface area contributed by atoms with Crippen LogP contribution in [0.1, 0.15) is 2.74 Å². The fourth-order valence-electron chi connectivity index (χ4n) is 2.12. The van der Waals surface area contributed by atoms with Gasteiger partial charge >= 0.3 is 0 Å². The van der Waals surface area contributed by atoms with E-state index in [0.717, 1.165) is 0 Å². The average molecular weight is 443 g/mol. The molecular weight excluding hydrogens is 427 g/mol. The molecule has 0 atom stereocenters. The lowest BCUT2D eigenvalue weighted by Crippen LogP contribution is -2.17. The third-order valence-corrected chi connectivity index (χ3v) is 5.53. The number of H-pyrrole nitrogens is 1. The summed E-state index contributed by atoms with van der Waals surface area (Å²) in [5.74, 6) is -0.191. The summed E-state index contributed by atoms with van der Waals surface area (Å²) in [5, 5.41) is -0.207. The maximum atomic E-state index is 12.7. The minimum atomic E-state index is -3.68. The molecular formula is C15H14Cl2N8O2S. The first-order chi connectivity index (χ1) is 14.1. The molecule has 0 radical (unpaired) electrons. The number of rotatable bonds is 6. The molecule has 28 heavy (non-hydrogen) atoms. The quantitative estimate of drug-likeness (QED) is 0.606. The molecule has 0 spiro atoms. The van der Waals surface area contributed by atoms with Crippen LogP contribution < -0.4 is 10.5 Å². The van der Waals surface area contributed by atoms with Crippen LogP contribution in [-0.4, -0.2) is 57.7 Å². The van der Waals surface area contributed by atoms with Crippen molar-refractivity contribution < 1.29 is 11.2 Å². The summed E-state index contributed by atoms with van der Waals surface area (Å²) in [7, 11) is -2.07. The number of aromatic amines is 1. The van der Waals surface area contributed by atoms with E-state index in [1.54, 1.807) is 19.2 Å². The van der Waals surface area contributed by atoms with Crippen LogP contribution in [0.4, 0.5) is 11.6 Å². The Morgan fingerprint density at radius 2 is 2.00 bits per heavy atom. The van der Waals surface area contributed by atoms with Crippen molar-refractivity contribution in [3.05, 3.63) is 53.1 Å². The zero-order valence-electron chi connectivity index (χ0n) is 16.3. The lowest BCUT2D eigenvalue weighted by Gasteiger charge is -2.17. The SMILES string of the molecule is [2H]c1nc(Cl)nc(N(C)c2cccc(S(=O)(=O)CCN=c3nc([2H])nc(Cl)[nH]3)c2)n1. The zero-order valence-corrected chi connectivity index (χ0v) is 16.7. The molecule has 0 aliphatic heterocycles. The van der Waals surface area contributed by atoms with Crippen LogP contribution in [0.25, 0.3) is 0 Å². The summed E-state index contributed by atoms with van der Waals surface area (Å²) in [6.07, 6.45) is -0.634. The maximum Gasteiger partial charge on any atom is 0.233 e. The smallest absolute Gasteiger partial charge is 0.233 e. The van der Waals surface area contributed by atoms with E-state index >= 15 is 0 Å². The Hall–Kier alpha value is -2.63. The van der Waals surface area contributed by atoms with Gasteiger partial charge in [-0.25, -0.2) is 33.3 Å². The van der Waals surface area contributed by atoms with Crippen molar-refractivity contribution in [2.75, 3.05) is 24.2 Å². The van der Waals surface area contributed by atoms with Crippen LogP contribution in [0.3, 0.4) is 0 Å². The molecule has 0 saturated carbocycles. The van der Waals surface area contributed by atoms with E-state index in [2.05, 4.69) is 34.9 Å². The first-order valence-corrected chi connectivity index (χ1v) is 10.1. The number of nitrogens with one attached hydrogen (secondary N) is 1. The number of benzene rings is 1. The number of nitrogens with zero attached hydrogens (tertiary/aromatic N) is 7. The molecule has 0 aliphatic carbocycles. The summed E-state index contributed by atoms with van der Waals surface area (Å²) in [6, 6.07) is 6.15. The molecule has 2 heterocycles. The first kappa shape index (κ1) is 17.5. The summed E-state index contributed by atoms with van der Waals surface area (Å²) in [4.78, 5) is 26.8. The van der Waals surface area contributed by atoms with Gasteiger partial charge in [-0.15, -0.1) is 0 Å². The van der Waals surface area contributed by atoms with Crippen molar-refractivity contribution in [2.24, 2.45) is 4.99 Å². The second-order valence-corrected chi connectivity index (χ2v) is 8.13. The van der Waals surface area contributed by atoms with Crippen molar-refractivity contribution in [3.8, 4) is 0 Å². The summed E-state index contributed by atoms with van der Waals surface area (Å²) in [6.45, 7) is -0.100. The van der Waals surface area contributed by atoms with Gasteiger partial charge in [-0.3, -0.25) is 4.98 Å². The minimum Gasteiger partial charge on any atom is -0.313 e. The van der Waals surface area contributed by atoms with Crippen LogP contribution in [0.15, 0.2) is 46.8 Å². The van der Waals surface area contributed by atoms with Crippen LogP contribution in [0.2, 0.25) is 10.6 Å². The summed E-state index contributed by atoms with van der Waals surface area (Å²) >= 11 is 11.5. The van der Waals surface area contributed by atoms with Crippen LogP contribution in [-0.2, 0) is 9.84 Å². The van der Waals surface area contributed by atoms with E-state index in [-0.39, 0.29) is 51.9 Å². The third-order valence-electron chi connectivity index (χ3n) is 3.49. The summed E-state index contributed by atoms with van der Waals surface area (Å²) in [5.41, 5.74) is 0.492. The van der Waals surface area contributed by atoms with Crippen LogP contribution in [0, 0.1) is 0 Å². The Balaban J connectivity index is 1.81. The van der Waals surface area contributed by atoms with Crippen LogP contribution in [0.5, 0.6) is 0 Å².